The Morgan fingerprint density at radius 3 is 2.55 bits per heavy atom. The molecule has 0 fully saturated rings. The second-order valence-corrected chi connectivity index (χ2v) is 5.92. The van der Waals surface area contributed by atoms with E-state index in [0.717, 1.165) is 23.7 Å². The fourth-order valence-electron chi connectivity index (χ4n) is 1.91. The Hall–Kier alpha value is -1.21. The number of hydrogen-bond donors (Lipinski definition) is 4. The zero-order valence-corrected chi connectivity index (χ0v) is 14.1. The van der Waals surface area contributed by atoms with E-state index in [1.165, 1.54) is 0 Å². The highest BCUT2D eigenvalue weighted by molar-refractivity contribution is 9.10. The number of amides is 1. The van der Waals surface area contributed by atoms with Gasteiger partial charge < -0.3 is 15.5 Å². The molecule has 1 rings (SSSR count). The summed E-state index contributed by atoms with van der Waals surface area (Å²) in [7, 11) is 0. The molecule has 0 atom stereocenters. The largest absolute Gasteiger partial charge is 0.353 e. The van der Waals surface area contributed by atoms with E-state index in [1.54, 1.807) is 30.3 Å². The molecule has 6 heteroatoms. The number of carbonyl (C=O) groups excluding carboxylic acids is 1. The first-order chi connectivity index (χ1) is 10.5. The van der Waals surface area contributed by atoms with Crippen molar-refractivity contribution in [3.63, 3.8) is 0 Å². The normalized spacial score (nSPS) is 11.2. The highest BCUT2D eigenvalue weighted by Crippen LogP contribution is 2.18. The fourth-order valence-corrected chi connectivity index (χ4v) is 2.17. The molecule has 1 amide bonds. The first-order valence-electron chi connectivity index (χ1n) is 7.29. The van der Waals surface area contributed by atoms with Crippen LogP contribution in [0.5, 0.6) is 0 Å². The Morgan fingerprint density at radius 2 is 1.91 bits per heavy atom. The van der Waals surface area contributed by atoms with Crippen LogP contribution in [0.3, 0.4) is 0 Å². The maximum absolute atomic E-state index is 11.3. The molecule has 0 bridgehead atoms. The molecule has 0 aliphatic carbocycles. The lowest BCUT2D eigenvalue weighted by Gasteiger charge is -2.23. The average Bonchev–Trinajstić information content (AvgIpc) is 2.49. The van der Waals surface area contributed by atoms with Gasteiger partial charge in [-0.2, -0.15) is 0 Å². The third-order valence-corrected chi connectivity index (χ3v) is 3.67. The summed E-state index contributed by atoms with van der Waals surface area (Å²) in [5, 5.41) is 25.4. The standard InChI is InChI=1S/C16H23BrN2O3/c1-2-11-18-15(20)6-4-3-5-12-19-16(21,22)13-7-9-14(17)10-8-13/h2,7-10,19,21-22H,1,3-6,11-12H2,(H,18,20). The van der Waals surface area contributed by atoms with Gasteiger partial charge in [-0.15, -0.1) is 6.58 Å². The van der Waals surface area contributed by atoms with Gasteiger partial charge in [-0.25, -0.2) is 0 Å². The van der Waals surface area contributed by atoms with Crippen LogP contribution in [-0.2, 0) is 10.7 Å². The van der Waals surface area contributed by atoms with E-state index < -0.39 is 5.91 Å². The molecule has 0 aromatic heterocycles. The second-order valence-electron chi connectivity index (χ2n) is 5.01. The van der Waals surface area contributed by atoms with Crippen molar-refractivity contribution in [2.24, 2.45) is 0 Å². The van der Waals surface area contributed by atoms with Crippen LogP contribution in [0.1, 0.15) is 31.2 Å². The predicted octanol–water partition coefficient (Wildman–Crippen LogP) is 2.00. The number of carbonyl (C=O) groups is 1. The molecule has 0 saturated carbocycles. The lowest BCUT2D eigenvalue weighted by molar-refractivity contribution is -0.194. The maximum atomic E-state index is 11.3. The third kappa shape index (κ3) is 7.17. The van der Waals surface area contributed by atoms with Gasteiger partial charge in [0.25, 0.3) is 5.91 Å². The number of nitrogens with one attached hydrogen (secondary N) is 2. The summed E-state index contributed by atoms with van der Waals surface area (Å²) in [5.74, 6) is -2.02. The van der Waals surface area contributed by atoms with Gasteiger partial charge in [0.2, 0.25) is 5.91 Å². The lowest BCUT2D eigenvalue weighted by atomic mass is 10.1. The minimum atomic E-state index is -2.04. The summed E-state index contributed by atoms with van der Waals surface area (Å²) in [4.78, 5) is 11.3. The smallest absolute Gasteiger partial charge is 0.250 e. The third-order valence-electron chi connectivity index (χ3n) is 3.14. The molecule has 0 spiro atoms. The Balaban J connectivity index is 2.19. The van der Waals surface area contributed by atoms with E-state index in [4.69, 9.17) is 0 Å². The molecule has 4 N–H and O–H groups in total. The molecule has 0 heterocycles. The van der Waals surface area contributed by atoms with Crippen molar-refractivity contribution >= 4 is 21.8 Å². The quantitative estimate of drug-likeness (QED) is 0.288. The van der Waals surface area contributed by atoms with Crippen molar-refractivity contribution in [3.8, 4) is 0 Å². The SMILES string of the molecule is C=CCNC(=O)CCCCCNC(O)(O)c1ccc(Br)cc1. The summed E-state index contributed by atoms with van der Waals surface area (Å²) in [6.45, 7) is 4.48. The molecule has 122 valence electrons. The van der Waals surface area contributed by atoms with E-state index in [0.29, 0.717) is 25.1 Å². The van der Waals surface area contributed by atoms with Crippen LogP contribution < -0.4 is 10.6 Å². The first kappa shape index (κ1) is 18.8. The lowest BCUT2D eigenvalue weighted by Crippen LogP contribution is -2.42. The number of aliphatic hydroxyl groups is 2. The summed E-state index contributed by atoms with van der Waals surface area (Å²) >= 11 is 3.30. The van der Waals surface area contributed by atoms with Crippen molar-refractivity contribution < 1.29 is 15.0 Å². The number of hydrogen-bond acceptors (Lipinski definition) is 4. The minimum Gasteiger partial charge on any atom is -0.353 e. The second kappa shape index (κ2) is 9.74. The summed E-state index contributed by atoms with van der Waals surface area (Å²) in [5.41, 5.74) is 0.388. The molecule has 5 nitrogen and oxygen atoms in total. The predicted molar refractivity (Wildman–Crippen MR) is 89.9 cm³/mol. The number of rotatable bonds is 10. The zero-order valence-electron chi connectivity index (χ0n) is 12.5. The average molecular weight is 371 g/mol. The molecular weight excluding hydrogens is 348 g/mol. The van der Waals surface area contributed by atoms with Gasteiger partial charge >= 0.3 is 0 Å². The van der Waals surface area contributed by atoms with Gasteiger partial charge in [-0.05, 0) is 25.0 Å². The molecular formula is C16H23BrN2O3. The van der Waals surface area contributed by atoms with Crippen LogP contribution in [0.25, 0.3) is 0 Å². The van der Waals surface area contributed by atoms with E-state index in [1.807, 2.05) is 0 Å². The zero-order chi connectivity index (χ0) is 16.4. The number of benzene rings is 1. The molecule has 0 radical (unpaired) electrons. The van der Waals surface area contributed by atoms with E-state index in [9.17, 15) is 15.0 Å². The minimum absolute atomic E-state index is 0.0152. The molecule has 1 aromatic carbocycles. The number of unbranched alkanes of at least 4 members (excludes halogenated alkanes) is 2. The maximum Gasteiger partial charge on any atom is 0.250 e. The van der Waals surface area contributed by atoms with Gasteiger partial charge in [0.15, 0.2) is 0 Å². The van der Waals surface area contributed by atoms with E-state index in [-0.39, 0.29) is 5.91 Å². The van der Waals surface area contributed by atoms with Gasteiger partial charge in [0.1, 0.15) is 0 Å². The Morgan fingerprint density at radius 1 is 1.23 bits per heavy atom. The van der Waals surface area contributed by atoms with Crippen molar-refractivity contribution in [1.82, 2.24) is 10.6 Å². The Labute approximate surface area is 139 Å². The highest BCUT2D eigenvalue weighted by atomic mass is 79.9. The topological polar surface area (TPSA) is 81.6 Å². The van der Waals surface area contributed by atoms with Crippen LogP contribution in [0.4, 0.5) is 0 Å². The highest BCUT2D eigenvalue weighted by Gasteiger charge is 2.24. The van der Waals surface area contributed by atoms with Gasteiger partial charge in [-0.3, -0.25) is 10.1 Å². The van der Waals surface area contributed by atoms with Crippen molar-refractivity contribution in [3.05, 3.63) is 47.0 Å². The molecule has 0 aliphatic rings. The Bertz CT molecular complexity index is 475. The fraction of sp³-hybridized carbons (Fsp3) is 0.438. The monoisotopic (exact) mass is 370 g/mol. The van der Waals surface area contributed by atoms with Gasteiger partial charge in [-0.1, -0.05) is 40.6 Å². The van der Waals surface area contributed by atoms with Crippen LogP contribution in [0.2, 0.25) is 0 Å². The van der Waals surface area contributed by atoms with Crippen molar-refractivity contribution in [2.45, 2.75) is 31.6 Å². The molecule has 0 saturated heterocycles. The molecule has 0 aliphatic heterocycles. The summed E-state index contributed by atoms with van der Waals surface area (Å²) in [6.07, 6.45) is 4.49. The molecule has 1 aromatic rings. The van der Waals surface area contributed by atoms with Crippen LogP contribution in [0, 0.1) is 0 Å². The molecule has 0 unspecified atom stereocenters. The summed E-state index contributed by atoms with van der Waals surface area (Å²) < 4.78 is 0.877. The van der Waals surface area contributed by atoms with Crippen molar-refractivity contribution in [2.75, 3.05) is 13.1 Å². The van der Waals surface area contributed by atoms with E-state index >= 15 is 0 Å². The van der Waals surface area contributed by atoms with Gasteiger partial charge in [0.05, 0.1) is 0 Å². The molecule has 22 heavy (non-hydrogen) atoms. The summed E-state index contributed by atoms with van der Waals surface area (Å²) in [6, 6.07) is 6.78. The number of halogens is 1. The van der Waals surface area contributed by atoms with E-state index in [2.05, 4.69) is 33.1 Å². The van der Waals surface area contributed by atoms with Crippen LogP contribution in [0.15, 0.2) is 41.4 Å². The van der Waals surface area contributed by atoms with Crippen LogP contribution in [-0.4, -0.2) is 29.2 Å². The Kier molecular flexibility index (Phi) is 8.34. The van der Waals surface area contributed by atoms with Gasteiger partial charge in [0, 0.05) is 29.5 Å². The van der Waals surface area contributed by atoms with Crippen LogP contribution >= 0.6 is 15.9 Å². The first-order valence-corrected chi connectivity index (χ1v) is 8.08. The van der Waals surface area contributed by atoms with Crippen molar-refractivity contribution in [1.29, 1.82) is 0 Å².